The topological polar surface area (TPSA) is 179 Å². The van der Waals surface area contributed by atoms with Gasteiger partial charge in [0.2, 0.25) is 16.0 Å². The molecule has 0 aliphatic rings. The monoisotopic (exact) mass is 467 g/mol. The van der Waals surface area contributed by atoms with Crippen molar-refractivity contribution in [1.82, 2.24) is 10.2 Å². The zero-order chi connectivity index (χ0) is 23.5. The smallest absolute Gasteiger partial charge is 0.381 e. The quantitative estimate of drug-likeness (QED) is 0.305. The number of aliphatic hydroxyl groups excluding tert-OH is 1. The molecule has 14 heteroatoms. The number of aliphatic hydroxyl groups is 1. The van der Waals surface area contributed by atoms with Crippen molar-refractivity contribution in [3.05, 3.63) is 39.4 Å². The van der Waals surface area contributed by atoms with E-state index in [1.807, 2.05) is 0 Å². The van der Waals surface area contributed by atoms with Gasteiger partial charge in [-0.2, -0.15) is 6.21 Å². The highest BCUT2D eigenvalue weighted by atomic mass is 32.1. The van der Waals surface area contributed by atoms with Crippen LogP contribution in [0, 0.1) is 0 Å². The minimum atomic E-state index is -0.853. The summed E-state index contributed by atoms with van der Waals surface area (Å²) < 4.78 is 20.4. The number of carbonyl (C=O) groups excluding carboxylic acids is 1. The fourth-order valence-corrected chi connectivity index (χ4v) is 3.16. The van der Waals surface area contributed by atoms with Gasteiger partial charge in [0.05, 0.1) is 38.7 Å². The fraction of sp³-hybridized carbons (Fsp3) is 0.389. The number of hydrogen-bond donors (Lipinski definition) is 4. The molecule has 4 N–H and O–H groups in total. The summed E-state index contributed by atoms with van der Waals surface area (Å²) in [5.74, 6) is -1.14. The molecule has 2 heterocycles. The van der Waals surface area contributed by atoms with Crippen molar-refractivity contribution >= 4 is 39.4 Å². The predicted molar refractivity (Wildman–Crippen MR) is 119 cm³/mol. The Hall–Kier alpha value is -3.33. The van der Waals surface area contributed by atoms with Crippen LogP contribution in [0.3, 0.4) is 0 Å². The molecule has 0 aliphatic heterocycles. The SMILES string of the molecule is COCC(COC)Nc1cc(C(=O)Nc2nnc(N/C(=C\C=[N-])CO)s2)oc(=O)c1OC. The Labute approximate surface area is 186 Å². The lowest BCUT2D eigenvalue weighted by molar-refractivity contribution is 0.0991. The summed E-state index contributed by atoms with van der Waals surface area (Å²) in [6.45, 7) is 0.174. The molecule has 32 heavy (non-hydrogen) atoms. The summed E-state index contributed by atoms with van der Waals surface area (Å²) in [5.41, 5.74) is -0.362. The maximum atomic E-state index is 12.6. The molecule has 1 amide bonds. The summed E-state index contributed by atoms with van der Waals surface area (Å²) in [4.78, 5) is 24.9. The van der Waals surface area contributed by atoms with Crippen LogP contribution in [0.1, 0.15) is 10.6 Å². The standard InChI is InChI=1S/C18H23N6O7S/c1-28-8-11(9-29-2)20-12-6-13(31-16(27)14(12)30-3)15(26)22-18-24-23-17(32-18)21-10(7-25)4-5-19/h4-6,11,20,25H,7-9H2,1-3H3,(H,21,23)(H,22,24,26)/q-1/b10-4-. The predicted octanol–water partition coefficient (Wildman–Crippen LogP) is 0.754. The third kappa shape index (κ3) is 6.84. The van der Waals surface area contributed by atoms with Gasteiger partial charge in [0.15, 0.2) is 5.76 Å². The van der Waals surface area contributed by atoms with Crippen molar-refractivity contribution in [3.8, 4) is 5.75 Å². The number of methoxy groups -OCH3 is 3. The van der Waals surface area contributed by atoms with Crippen LogP contribution in [-0.2, 0) is 9.47 Å². The molecule has 0 spiro atoms. The van der Waals surface area contributed by atoms with Crippen molar-refractivity contribution < 1.29 is 28.5 Å². The number of aromatic nitrogens is 2. The number of allylic oxidation sites excluding steroid dienone is 1. The van der Waals surface area contributed by atoms with E-state index in [9.17, 15) is 14.7 Å². The van der Waals surface area contributed by atoms with Crippen LogP contribution < -0.4 is 26.3 Å². The first kappa shape index (κ1) is 24.9. The van der Waals surface area contributed by atoms with Crippen LogP contribution in [0.5, 0.6) is 5.75 Å². The highest BCUT2D eigenvalue weighted by Gasteiger charge is 2.21. The molecule has 13 nitrogen and oxygen atoms in total. The number of nitrogens with one attached hydrogen (secondary N) is 3. The van der Waals surface area contributed by atoms with Gasteiger partial charge < -0.3 is 39.8 Å². The average Bonchev–Trinajstić information content (AvgIpc) is 3.20. The van der Waals surface area contributed by atoms with Gasteiger partial charge >= 0.3 is 5.63 Å². The van der Waals surface area contributed by atoms with E-state index >= 15 is 0 Å². The highest BCUT2D eigenvalue weighted by Crippen LogP contribution is 2.25. The van der Waals surface area contributed by atoms with Gasteiger partial charge in [0, 0.05) is 26.0 Å². The molecule has 0 radical (unpaired) electrons. The molecule has 0 atom stereocenters. The summed E-state index contributed by atoms with van der Waals surface area (Å²) >= 11 is 0.959. The molecule has 0 saturated heterocycles. The maximum absolute atomic E-state index is 12.6. The Bertz CT molecular complexity index is 1000. The minimum Gasteiger partial charge on any atom is -0.811 e. The summed E-state index contributed by atoms with van der Waals surface area (Å²) in [7, 11) is 4.34. The molecule has 174 valence electrons. The summed E-state index contributed by atoms with van der Waals surface area (Å²) in [6.07, 6.45) is 1.99. The van der Waals surface area contributed by atoms with E-state index in [1.54, 1.807) is 0 Å². The third-order valence-electron chi connectivity index (χ3n) is 3.79. The number of hydrogen-bond acceptors (Lipinski definition) is 12. The lowest BCUT2D eigenvalue weighted by Gasteiger charge is -2.19. The fourth-order valence-electron chi connectivity index (χ4n) is 2.49. The van der Waals surface area contributed by atoms with Crippen molar-refractivity contribution in [2.75, 3.05) is 57.1 Å². The van der Waals surface area contributed by atoms with E-state index in [0.29, 0.717) is 0 Å². The van der Waals surface area contributed by atoms with Gasteiger partial charge in [-0.25, -0.2) is 4.79 Å². The second kappa shape index (κ2) is 12.5. The summed E-state index contributed by atoms with van der Waals surface area (Å²) in [5, 5.41) is 34.2. The average molecular weight is 467 g/mol. The number of anilines is 3. The van der Waals surface area contributed by atoms with Crippen LogP contribution >= 0.6 is 11.3 Å². The molecule has 0 aromatic carbocycles. The van der Waals surface area contributed by atoms with E-state index in [4.69, 9.17) is 24.0 Å². The number of carbonyl (C=O) groups is 1. The van der Waals surface area contributed by atoms with E-state index < -0.39 is 11.5 Å². The molecule has 0 fully saturated rings. The Kier molecular flexibility index (Phi) is 9.75. The lowest BCUT2D eigenvalue weighted by Crippen LogP contribution is -2.30. The Morgan fingerprint density at radius 1 is 1.25 bits per heavy atom. The Morgan fingerprint density at radius 3 is 2.47 bits per heavy atom. The van der Waals surface area contributed by atoms with Gasteiger partial charge in [-0.15, -0.1) is 10.2 Å². The van der Waals surface area contributed by atoms with Crippen molar-refractivity contribution in [2.45, 2.75) is 6.04 Å². The van der Waals surface area contributed by atoms with Gasteiger partial charge in [-0.1, -0.05) is 17.4 Å². The number of ether oxygens (including phenoxy) is 3. The van der Waals surface area contributed by atoms with Gasteiger partial charge in [-0.05, 0) is 0 Å². The first-order chi connectivity index (χ1) is 15.4. The zero-order valence-corrected chi connectivity index (χ0v) is 18.4. The number of nitrogens with zero attached hydrogens (tertiary/aromatic N) is 3. The first-order valence-electron chi connectivity index (χ1n) is 9.11. The molecule has 2 aromatic heterocycles. The lowest BCUT2D eigenvalue weighted by atomic mass is 10.2. The van der Waals surface area contributed by atoms with Crippen LogP contribution in [-0.4, -0.2) is 74.6 Å². The van der Waals surface area contributed by atoms with Crippen molar-refractivity contribution in [2.24, 2.45) is 0 Å². The largest absolute Gasteiger partial charge is 0.811 e. The molecule has 0 aliphatic carbocycles. The van der Waals surface area contributed by atoms with Crippen molar-refractivity contribution in [3.63, 3.8) is 0 Å². The normalized spacial score (nSPS) is 11.3. The molecule has 2 aromatic rings. The van der Waals surface area contributed by atoms with E-state index in [0.717, 1.165) is 17.6 Å². The second-order valence-corrected chi connectivity index (χ2v) is 7.07. The Balaban J connectivity index is 2.21. The van der Waals surface area contributed by atoms with Gasteiger partial charge in [-0.3, -0.25) is 10.1 Å². The minimum absolute atomic E-state index is 0.104. The third-order valence-corrected chi connectivity index (χ3v) is 4.54. The number of amides is 1. The molecular weight excluding hydrogens is 444 g/mol. The zero-order valence-electron chi connectivity index (χ0n) is 17.6. The van der Waals surface area contributed by atoms with Gasteiger partial charge in [0.1, 0.15) is 0 Å². The highest BCUT2D eigenvalue weighted by molar-refractivity contribution is 7.19. The van der Waals surface area contributed by atoms with Crippen LogP contribution in [0.25, 0.3) is 5.41 Å². The molecular formula is C18H23N6O7S-. The molecule has 0 unspecified atom stereocenters. The van der Waals surface area contributed by atoms with Crippen LogP contribution in [0.15, 0.2) is 27.1 Å². The van der Waals surface area contributed by atoms with Gasteiger partial charge in [0.25, 0.3) is 5.91 Å². The molecule has 2 rings (SSSR count). The Morgan fingerprint density at radius 2 is 1.91 bits per heavy atom. The molecule has 0 saturated carbocycles. The van der Waals surface area contributed by atoms with Crippen molar-refractivity contribution in [1.29, 1.82) is 0 Å². The van der Waals surface area contributed by atoms with Crippen LogP contribution in [0.4, 0.5) is 16.0 Å². The van der Waals surface area contributed by atoms with E-state index in [1.165, 1.54) is 33.5 Å². The first-order valence-corrected chi connectivity index (χ1v) is 9.93. The second-order valence-electron chi connectivity index (χ2n) is 6.09. The maximum Gasteiger partial charge on any atom is 0.381 e. The summed E-state index contributed by atoms with van der Waals surface area (Å²) in [6, 6.07) is 0.996. The molecule has 0 bridgehead atoms. The van der Waals surface area contributed by atoms with E-state index in [2.05, 4.69) is 26.1 Å². The van der Waals surface area contributed by atoms with Crippen LogP contribution in [0.2, 0.25) is 0 Å². The number of rotatable bonds is 13. The van der Waals surface area contributed by atoms with E-state index in [-0.39, 0.29) is 59.0 Å².